The number of anilines is 1. The number of amides is 1. The second kappa shape index (κ2) is 7.99. The van der Waals surface area contributed by atoms with E-state index in [9.17, 15) is 4.79 Å². The number of rotatable bonds is 4. The van der Waals surface area contributed by atoms with Gasteiger partial charge in [0.2, 0.25) is 0 Å². The van der Waals surface area contributed by atoms with Gasteiger partial charge in [0, 0.05) is 10.7 Å². The molecule has 0 aliphatic rings. The third-order valence-corrected chi connectivity index (χ3v) is 6.16. The number of fused-ring (bicyclic) bond motifs is 1. The number of benzene rings is 2. The molecular weight excluding hydrogens is 458 g/mol. The first kappa shape index (κ1) is 19.1. The number of carbonyl (C=O) groups excluding carboxylic acids is 1. The van der Waals surface area contributed by atoms with Gasteiger partial charge < -0.3 is 0 Å². The van der Waals surface area contributed by atoms with Crippen LogP contribution in [-0.2, 0) is 6.54 Å². The van der Waals surface area contributed by atoms with Crippen LogP contribution in [0.4, 0.5) is 5.13 Å². The molecule has 4 nitrogen and oxygen atoms in total. The highest BCUT2D eigenvalue weighted by Gasteiger charge is 2.24. The maximum absolute atomic E-state index is 13.4. The number of aromatic nitrogens is 2. The minimum Gasteiger partial charge on any atom is -0.278 e. The summed E-state index contributed by atoms with van der Waals surface area (Å²) in [4.78, 5) is 24.2. The Morgan fingerprint density at radius 3 is 2.79 bits per heavy atom. The molecule has 4 aromatic rings. The van der Waals surface area contributed by atoms with Crippen LogP contribution in [0.3, 0.4) is 0 Å². The first-order chi connectivity index (χ1) is 13.5. The maximum atomic E-state index is 13.4. The molecule has 0 spiro atoms. The van der Waals surface area contributed by atoms with E-state index in [1.807, 2.05) is 49.4 Å². The second-order valence-corrected chi connectivity index (χ2v) is 8.59. The van der Waals surface area contributed by atoms with E-state index in [-0.39, 0.29) is 5.91 Å². The normalized spacial score (nSPS) is 11.0. The lowest BCUT2D eigenvalue weighted by Crippen LogP contribution is -2.31. The molecule has 1 amide bonds. The Kier molecular flexibility index (Phi) is 5.44. The van der Waals surface area contributed by atoms with Gasteiger partial charge in [-0.05, 0) is 48.9 Å². The topological polar surface area (TPSA) is 46.1 Å². The molecule has 0 saturated carbocycles. The smallest absolute Gasteiger partial charge is 0.261 e. The first-order valence-corrected chi connectivity index (χ1v) is 10.5. The van der Waals surface area contributed by atoms with E-state index >= 15 is 0 Å². The lowest BCUT2D eigenvalue weighted by Gasteiger charge is -2.20. The molecule has 2 aromatic carbocycles. The van der Waals surface area contributed by atoms with E-state index in [2.05, 4.69) is 20.9 Å². The van der Waals surface area contributed by atoms with Gasteiger partial charge in [-0.1, -0.05) is 57.1 Å². The fraction of sp³-hybridized carbons (Fsp3) is 0.0952. The van der Waals surface area contributed by atoms with Crippen molar-refractivity contribution in [2.75, 3.05) is 4.90 Å². The van der Waals surface area contributed by atoms with Crippen molar-refractivity contribution >= 4 is 60.1 Å². The molecule has 0 N–H and O–H groups in total. The molecule has 0 aliphatic heterocycles. The molecule has 0 radical (unpaired) electrons. The van der Waals surface area contributed by atoms with Crippen LogP contribution >= 0.6 is 38.9 Å². The van der Waals surface area contributed by atoms with E-state index in [4.69, 9.17) is 16.6 Å². The van der Waals surface area contributed by atoms with Crippen LogP contribution < -0.4 is 4.90 Å². The van der Waals surface area contributed by atoms with Crippen molar-refractivity contribution in [3.8, 4) is 0 Å². The molecular formula is C21H15BrClN3OS. The zero-order valence-corrected chi connectivity index (χ0v) is 18.1. The fourth-order valence-electron chi connectivity index (χ4n) is 2.88. The van der Waals surface area contributed by atoms with Crippen LogP contribution in [0.1, 0.15) is 21.6 Å². The van der Waals surface area contributed by atoms with E-state index < -0.39 is 0 Å². The number of aryl methyl sites for hydroxylation is 1. The Morgan fingerprint density at radius 2 is 2.04 bits per heavy atom. The zero-order valence-electron chi connectivity index (χ0n) is 14.9. The van der Waals surface area contributed by atoms with Crippen molar-refractivity contribution in [2.45, 2.75) is 13.5 Å². The highest BCUT2D eigenvalue weighted by Crippen LogP contribution is 2.33. The Balaban J connectivity index is 1.82. The van der Waals surface area contributed by atoms with Crippen molar-refractivity contribution in [3.05, 3.63) is 87.1 Å². The van der Waals surface area contributed by atoms with Gasteiger partial charge in [-0.2, -0.15) is 0 Å². The van der Waals surface area contributed by atoms with E-state index in [0.717, 1.165) is 25.9 Å². The number of pyridine rings is 1. The number of carbonyl (C=O) groups is 1. The molecule has 2 heterocycles. The third kappa shape index (κ3) is 3.81. The highest BCUT2D eigenvalue weighted by atomic mass is 79.9. The lowest BCUT2D eigenvalue weighted by molar-refractivity contribution is 0.0985. The highest BCUT2D eigenvalue weighted by molar-refractivity contribution is 9.10. The molecule has 0 saturated heterocycles. The molecule has 140 valence electrons. The molecule has 0 aliphatic carbocycles. The van der Waals surface area contributed by atoms with Crippen LogP contribution in [0.2, 0.25) is 5.02 Å². The Labute approximate surface area is 179 Å². The minimum atomic E-state index is -0.214. The van der Waals surface area contributed by atoms with Crippen molar-refractivity contribution in [3.63, 3.8) is 0 Å². The summed E-state index contributed by atoms with van der Waals surface area (Å²) in [5, 5.41) is 1.02. The standard InChI is InChI=1S/C21H15BrClN3OS/c1-13-5-4-7-18-19(13)25-21(28-18)26(12-15-6-2-3-10-24-15)20(27)16-11-14(22)8-9-17(16)23/h2-11H,12H2,1H3. The number of para-hydroxylation sites is 1. The first-order valence-electron chi connectivity index (χ1n) is 8.56. The predicted octanol–water partition coefficient (Wildman–Crippen LogP) is 6.26. The molecule has 2 aromatic heterocycles. The summed E-state index contributed by atoms with van der Waals surface area (Å²) >= 11 is 11.2. The van der Waals surface area contributed by atoms with Crippen LogP contribution in [0, 0.1) is 6.92 Å². The Bertz CT molecular complexity index is 1160. The molecule has 7 heteroatoms. The van der Waals surface area contributed by atoms with Crippen molar-refractivity contribution in [2.24, 2.45) is 0 Å². The number of thiazole rings is 1. The fourth-order valence-corrected chi connectivity index (χ4v) is 4.48. The molecule has 0 atom stereocenters. The molecule has 0 bridgehead atoms. The second-order valence-electron chi connectivity index (χ2n) is 6.25. The number of halogens is 2. The van der Waals surface area contributed by atoms with Crippen LogP contribution in [0.25, 0.3) is 10.2 Å². The summed E-state index contributed by atoms with van der Waals surface area (Å²) in [7, 11) is 0. The summed E-state index contributed by atoms with van der Waals surface area (Å²) in [5.74, 6) is -0.214. The average Bonchev–Trinajstić information content (AvgIpc) is 3.14. The summed E-state index contributed by atoms with van der Waals surface area (Å²) in [5.41, 5.74) is 3.17. The quantitative estimate of drug-likeness (QED) is 0.352. The van der Waals surface area contributed by atoms with Gasteiger partial charge in [-0.3, -0.25) is 14.7 Å². The summed E-state index contributed by atoms with van der Waals surface area (Å²) in [6.45, 7) is 2.32. The van der Waals surface area contributed by atoms with E-state index in [1.165, 1.54) is 11.3 Å². The van der Waals surface area contributed by atoms with Crippen molar-refractivity contribution < 1.29 is 4.79 Å². The van der Waals surface area contributed by atoms with Gasteiger partial charge in [-0.25, -0.2) is 4.98 Å². The minimum absolute atomic E-state index is 0.214. The summed E-state index contributed by atoms with van der Waals surface area (Å²) in [6.07, 6.45) is 1.71. The number of hydrogen-bond donors (Lipinski definition) is 0. The SMILES string of the molecule is Cc1cccc2sc(N(Cc3ccccn3)C(=O)c3cc(Br)ccc3Cl)nc12. The third-order valence-electron chi connectivity index (χ3n) is 4.29. The van der Waals surface area contributed by atoms with E-state index in [1.54, 1.807) is 23.2 Å². The Hall–Kier alpha value is -2.28. The van der Waals surface area contributed by atoms with Crippen molar-refractivity contribution in [1.29, 1.82) is 0 Å². The molecule has 0 unspecified atom stereocenters. The van der Waals surface area contributed by atoms with Crippen molar-refractivity contribution in [1.82, 2.24) is 9.97 Å². The zero-order chi connectivity index (χ0) is 19.7. The van der Waals surface area contributed by atoms with Gasteiger partial charge in [0.1, 0.15) is 0 Å². The Morgan fingerprint density at radius 1 is 1.18 bits per heavy atom. The summed E-state index contributed by atoms with van der Waals surface area (Å²) < 4.78 is 1.83. The van der Waals surface area contributed by atoms with Gasteiger partial charge in [0.25, 0.3) is 5.91 Å². The molecule has 28 heavy (non-hydrogen) atoms. The summed E-state index contributed by atoms with van der Waals surface area (Å²) in [6, 6.07) is 16.9. The predicted molar refractivity (Wildman–Crippen MR) is 118 cm³/mol. The van der Waals surface area contributed by atoms with Crippen LogP contribution in [0.5, 0.6) is 0 Å². The lowest BCUT2D eigenvalue weighted by atomic mass is 10.2. The van der Waals surface area contributed by atoms with Crippen LogP contribution in [0.15, 0.2) is 65.3 Å². The number of nitrogens with zero attached hydrogens (tertiary/aromatic N) is 3. The maximum Gasteiger partial charge on any atom is 0.261 e. The molecule has 0 fully saturated rings. The number of hydrogen-bond acceptors (Lipinski definition) is 4. The van der Waals surface area contributed by atoms with Gasteiger partial charge >= 0.3 is 0 Å². The largest absolute Gasteiger partial charge is 0.278 e. The molecule has 4 rings (SSSR count). The monoisotopic (exact) mass is 471 g/mol. The average molecular weight is 473 g/mol. The van der Waals surface area contributed by atoms with Gasteiger partial charge in [-0.15, -0.1) is 0 Å². The van der Waals surface area contributed by atoms with Gasteiger partial charge in [0.15, 0.2) is 5.13 Å². The van der Waals surface area contributed by atoms with Crippen LogP contribution in [-0.4, -0.2) is 15.9 Å². The van der Waals surface area contributed by atoms with Gasteiger partial charge in [0.05, 0.1) is 33.0 Å². The van der Waals surface area contributed by atoms with E-state index in [0.29, 0.717) is 22.3 Å².